The van der Waals surface area contributed by atoms with Crippen LogP contribution >= 0.6 is 0 Å². The zero-order valence-electron chi connectivity index (χ0n) is 21.4. The van der Waals surface area contributed by atoms with Crippen molar-refractivity contribution in [3.05, 3.63) is 40.7 Å². The van der Waals surface area contributed by atoms with Crippen molar-refractivity contribution in [2.75, 3.05) is 33.9 Å². The van der Waals surface area contributed by atoms with Crippen molar-refractivity contribution < 1.29 is 23.8 Å². The molecule has 2 heterocycles. The summed E-state index contributed by atoms with van der Waals surface area (Å²) in [6.07, 6.45) is 3.55. The van der Waals surface area contributed by atoms with E-state index in [2.05, 4.69) is 5.10 Å². The SMILES string of the molecule is COc1cc(CO[C@H]2CN(C(=O)c3c4c(nn3C)CCCC4)CC(=O)N(C(C)C)C2)cc(OC)c1. The number of benzene rings is 1. The van der Waals surface area contributed by atoms with Gasteiger partial charge in [-0.25, -0.2) is 0 Å². The van der Waals surface area contributed by atoms with Crippen LogP contribution in [-0.4, -0.2) is 77.4 Å². The molecule has 2 aromatic rings. The maximum Gasteiger partial charge on any atom is 0.272 e. The van der Waals surface area contributed by atoms with Crippen LogP contribution in [0.3, 0.4) is 0 Å². The highest BCUT2D eigenvalue weighted by Crippen LogP contribution is 2.26. The molecule has 1 fully saturated rings. The smallest absolute Gasteiger partial charge is 0.272 e. The van der Waals surface area contributed by atoms with Crippen molar-refractivity contribution >= 4 is 11.8 Å². The Bertz CT molecular complexity index is 1060. The third-order valence-corrected chi connectivity index (χ3v) is 6.80. The van der Waals surface area contributed by atoms with Crippen LogP contribution in [0.2, 0.25) is 0 Å². The lowest BCUT2D eigenvalue weighted by molar-refractivity contribution is -0.133. The Kier molecular flexibility index (Phi) is 7.64. The van der Waals surface area contributed by atoms with E-state index in [1.54, 1.807) is 28.7 Å². The van der Waals surface area contributed by atoms with Crippen LogP contribution < -0.4 is 9.47 Å². The van der Waals surface area contributed by atoms with Gasteiger partial charge in [0, 0.05) is 37.8 Å². The zero-order chi connectivity index (χ0) is 25.1. The minimum atomic E-state index is -0.339. The number of carbonyl (C=O) groups excluding carboxylic acids is 2. The summed E-state index contributed by atoms with van der Waals surface area (Å²) < 4.78 is 18.7. The highest BCUT2D eigenvalue weighted by Gasteiger charge is 2.35. The molecule has 4 rings (SSSR count). The molecule has 0 unspecified atom stereocenters. The maximum absolute atomic E-state index is 13.7. The number of ether oxygens (including phenoxy) is 3. The fourth-order valence-electron chi connectivity index (χ4n) is 4.96. The molecule has 1 atom stereocenters. The molecule has 0 spiro atoms. The molecule has 2 aliphatic rings. The van der Waals surface area contributed by atoms with Gasteiger partial charge in [0.2, 0.25) is 5.91 Å². The normalized spacial score (nSPS) is 18.5. The highest BCUT2D eigenvalue weighted by atomic mass is 16.5. The first-order valence-electron chi connectivity index (χ1n) is 12.3. The highest BCUT2D eigenvalue weighted by molar-refractivity contribution is 5.97. The van der Waals surface area contributed by atoms with E-state index in [4.69, 9.17) is 14.2 Å². The lowest BCUT2D eigenvalue weighted by Gasteiger charge is -2.27. The van der Waals surface area contributed by atoms with E-state index in [1.165, 1.54) is 0 Å². The number of nitrogens with zero attached hydrogens (tertiary/aromatic N) is 4. The molecule has 1 aliphatic carbocycles. The van der Waals surface area contributed by atoms with Crippen molar-refractivity contribution in [1.29, 1.82) is 0 Å². The summed E-state index contributed by atoms with van der Waals surface area (Å²) in [5.41, 5.74) is 3.53. The number of carbonyl (C=O) groups is 2. The predicted molar refractivity (Wildman–Crippen MR) is 131 cm³/mol. The number of hydrogen-bond acceptors (Lipinski definition) is 6. The van der Waals surface area contributed by atoms with Crippen LogP contribution in [-0.2, 0) is 36.0 Å². The number of aryl methyl sites for hydroxylation is 2. The Balaban J connectivity index is 1.56. The lowest BCUT2D eigenvalue weighted by atomic mass is 9.95. The van der Waals surface area contributed by atoms with E-state index in [-0.39, 0.29) is 30.5 Å². The molecule has 9 nitrogen and oxygen atoms in total. The first-order chi connectivity index (χ1) is 16.8. The molecule has 0 bridgehead atoms. The number of amides is 2. The Labute approximate surface area is 206 Å². The van der Waals surface area contributed by atoms with Crippen molar-refractivity contribution in [2.45, 2.75) is 58.3 Å². The van der Waals surface area contributed by atoms with Gasteiger partial charge in [-0.3, -0.25) is 14.3 Å². The summed E-state index contributed by atoms with van der Waals surface area (Å²) in [6, 6.07) is 5.61. The van der Waals surface area contributed by atoms with Gasteiger partial charge in [-0.2, -0.15) is 5.10 Å². The first-order valence-corrected chi connectivity index (χ1v) is 12.3. The molecule has 1 aromatic carbocycles. The van der Waals surface area contributed by atoms with Gasteiger partial charge in [0.05, 0.1) is 32.6 Å². The Morgan fingerprint density at radius 2 is 1.77 bits per heavy atom. The molecule has 0 radical (unpaired) electrons. The maximum atomic E-state index is 13.7. The second-order valence-electron chi connectivity index (χ2n) is 9.58. The van der Waals surface area contributed by atoms with E-state index < -0.39 is 0 Å². The molecule has 0 saturated carbocycles. The van der Waals surface area contributed by atoms with Gasteiger partial charge < -0.3 is 24.0 Å². The molecule has 9 heteroatoms. The van der Waals surface area contributed by atoms with E-state index in [9.17, 15) is 9.59 Å². The summed E-state index contributed by atoms with van der Waals surface area (Å²) >= 11 is 0. The van der Waals surface area contributed by atoms with E-state index in [0.717, 1.165) is 42.5 Å². The summed E-state index contributed by atoms with van der Waals surface area (Å²) in [6.45, 7) is 5.05. The standard InChI is InChI=1S/C26H36N4O5/c1-17(2)30-14-21(35-16-18-10-19(33-4)12-20(11-18)34-5)13-29(15-24(30)31)26(32)25-22-8-6-7-9-23(22)27-28(25)3/h10-12,17,21H,6-9,13-16H2,1-5H3/t21-/m0/s1. The van der Waals surface area contributed by atoms with Gasteiger partial charge in [0.15, 0.2) is 0 Å². The average Bonchev–Trinajstić information content (AvgIpc) is 3.08. The summed E-state index contributed by atoms with van der Waals surface area (Å²) in [5.74, 6) is 1.14. The second kappa shape index (κ2) is 10.7. The first kappa shape index (κ1) is 25.0. The van der Waals surface area contributed by atoms with Crippen molar-refractivity contribution in [3.8, 4) is 11.5 Å². The Hall–Kier alpha value is -3.07. The van der Waals surface area contributed by atoms with E-state index in [1.807, 2.05) is 39.1 Å². The molecular formula is C26H36N4O5. The van der Waals surface area contributed by atoms with E-state index >= 15 is 0 Å². The Morgan fingerprint density at radius 1 is 1.09 bits per heavy atom. The number of fused-ring (bicyclic) bond motifs is 1. The fraction of sp³-hybridized carbons (Fsp3) is 0.577. The van der Waals surface area contributed by atoms with Crippen LogP contribution in [0.15, 0.2) is 18.2 Å². The molecule has 1 saturated heterocycles. The topological polar surface area (TPSA) is 86.1 Å². The van der Waals surface area contributed by atoms with Crippen LogP contribution in [0, 0.1) is 0 Å². The molecular weight excluding hydrogens is 448 g/mol. The van der Waals surface area contributed by atoms with Gasteiger partial charge in [-0.1, -0.05) is 0 Å². The van der Waals surface area contributed by atoms with Crippen LogP contribution in [0.25, 0.3) is 0 Å². The van der Waals surface area contributed by atoms with Gasteiger partial charge in [0.25, 0.3) is 5.91 Å². The average molecular weight is 485 g/mol. The molecule has 190 valence electrons. The van der Waals surface area contributed by atoms with Crippen LogP contribution in [0.1, 0.15) is 54.0 Å². The van der Waals surface area contributed by atoms with Crippen molar-refractivity contribution in [2.24, 2.45) is 7.05 Å². The minimum Gasteiger partial charge on any atom is -0.497 e. The minimum absolute atomic E-state index is 0.00466. The largest absolute Gasteiger partial charge is 0.497 e. The summed E-state index contributed by atoms with van der Waals surface area (Å²) in [5, 5.41) is 4.60. The second-order valence-corrected chi connectivity index (χ2v) is 9.58. The molecule has 1 aromatic heterocycles. The summed E-state index contributed by atoms with van der Waals surface area (Å²) in [4.78, 5) is 30.3. The van der Waals surface area contributed by atoms with Crippen molar-refractivity contribution in [1.82, 2.24) is 19.6 Å². The van der Waals surface area contributed by atoms with E-state index in [0.29, 0.717) is 36.9 Å². The zero-order valence-corrected chi connectivity index (χ0v) is 21.4. The quantitative estimate of drug-likeness (QED) is 0.601. The molecule has 35 heavy (non-hydrogen) atoms. The third-order valence-electron chi connectivity index (χ3n) is 6.80. The van der Waals surface area contributed by atoms with Crippen LogP contribution in [0.4, 0.5) is 0 Å². The van der Waals surface area contributed by atoms with Gasteiger partial charge in [-0.15, -0.1) is 0 Å². The van der Waals surface area contributed by atoms with Crippen LogP contribution in [0.5, 0.6) is 11.5 Å². The molecule has 1 aliphatic heterocycles. The fourth-order valence-corrected chi connectivity index (χ4v) is 4.96. The monoisotopic (exact) mass is 484 g/mol. The van der Waals surface area contributed by atoms with Gasteiger partial charge in [0.1, 0.15) is 23.7 Å². The van der Waals surface area contributed by atoms with Crippen molar-refractivity contribution in [3.63, 3.8) is 0 Å². The summed E-state index contributed by atoms with van der Waals surface area (Å²) in [7, 11) is 5.03. The Morgan fingerprint density at radius 3 is 2.43 bits per heavy atom. The molecule has 2 amide bonds. The van der Waals surface area contributed by atoms with Gasteiger partial charge in [-0.05, 0) is 57.2 Å². The number of rotatable bonds is 7. The predicted octanol–water partition coefficient (Wildman–Crippen LogP) is 2.59. The third kappa shape index (κ3) is 5.45. The lowest BCUT2D eigenvalue weighted by Crippen LogP contribution is -2.42. The number of hydrogen-bond donors (Lipinski definition) is 0. The van der Waals surface area contributed by atoms with Gasteiger partial charge >= 0.3 is 0 Å². The number of aromatic nitrogens is 2. The molecule has 0 N–H and O–H groups in total. The number of methoxy groups -OCH3 is 2.